The van der Waals surface area contributed by atoms with E-state index < -0.39 is 0 Å². The quantitative estimate of drug-likeness (QED) is 0.569. The molecule has 0 bridgehead atoms. The lowest BCUT2D eigenvalue weighted by atomic mass is 10.2. The molecule has 2 aromatic carbocycles. The molecule has 4 rings (SSSR count). The second kappa shape index (κ2) is 5.21. The van der Waals surface area contributed by atoms with Gasteiger partial charge in [-0.25, -0.2) is 9.38 Å². The molecule has 23 heavy (non-hydrogen) atoms. The molecule has 0 unspecified atom stereocenters. The molecule has 0 fully saturated rings. The summed E-state index contributed by atoms with van der Waals surface area (Å²) in [6.07, 6.45) is 1.93. The first-order valence-electron chi connectivity index (χ1n) is 7.32. The van der Waals surface area contributed by atoms with Gasteiger partial charge in [0.25, 0.3) is 5.56 Å². The number of hydrogen-bond donors (Lipinski definition) is 0. The van der Waals surface area contributed by atoms with Gasteiger partial charge in [-0.1, -0.05) is 35.6 Å². The van der Waals surface area contributed by atoms with Gasteiger partial charge >= 0.3 is 0 Å². The van der Waals surface area contributed by atoms with Crippen LogP contribution in [0.2, 0.25) is 0 Å². The van der Waals surface area contributed by atoms with Gasteiger partial charge in [0, 0.05) is 19.8 Å². The fourth-order valence-corrected chi connectivity index (χ4v) is 3.62. The third-order valence-electron chi connectivity index (χ3n) is 3.85. The number of nitrogens with zero attached hydrogens (tertiary/aromatic N) is 3. The Hall–Kier alpha value is -2.66. The maximum absolute atomic E-state index is 12.7. The molecule has 0 spiro atoms. The molecule has 0 aliphatic rings. The van der Waals surface area contributed by atoms with Crippen LogP contribution in [0.5, 0.6) is 0 Å². The van der Waals surface area contributed by atoms with Crippen molar-refractivity contribution in [1.29, 1.82) is 0 Å². The van der Waals surface area contributed by atoms with Crippen molar-refractivity contribution in [3.05, 3.63) is 69.0 Å². The predicted molar refractivity (Wildman–Crippen MR) is 96.4 cm³/mol. The van der Waals surface area contributed by atoms with Crippen LogP contribution < -0.4 is 15.0 Å². The van der Waals surface area contributed by atoms with E-state index in [0.717, 1.165) is 27.2 Å². The first-order chi connectivity index (χ1) is 11.1. The SMILES string of the molecule is CN(C)c1ccc(/C=c2\sc3nc4ccccc4n3c2=O)cc1. The minimum Gasteiger partial charge on any atom is -0.378 e. The molecule has 0 aliphatic carbocycles. The standard InChI is InChI=1S/C18H15N3OS/c1-20(2)13-9-7-12(8-10-13)11-16-17(22)21-15-6-4-3-5-14(15)19-18(21)23-16/h3-11H,1-2H3/b16-11-. The van der Waals surface area contributed by atoms with Crippen LogP contribution in [0, 0.1) is 0 Å². The van der Waals surface area contributed by atoms with Crippen molar-refractivity contribution in [3.8, 4) is 0 Å². The van der Waals surface area contributed by atoms with E-state index in [-0.39, 0.29) is 5.56 Å². The minimum atomic E-state index is -0.00427. The highest BCUT2D eigenvalue weighted by atomic mass is 32.1. The van der Waals surface area contributed by atoms with Crippen LogP contribution >= 0.6 is 11.3 Å². The monoisotopic (exact) mass is 321 g/mol. The molecule has 0 aliphatic heterocycles. The van der Waals surface area contributed by atoms with Crippen LogP contribution in [0.1, 0.15) is 5.56 Å². The van der Waals surface area contributed by atoms with E-state index in [0.29, 0.717) is 4.53 Å². The van der Waals surface area contributed by atoms with Crippen molar-refractivity contribution in [1.82, 2.24) is 9.38 Å². The van der Waals surface area contributed by atoms with Crippen LogP contribution in [0.15, 0.2) is 53.3 Å². The Balaban J connectivity index is 1.88. The molecule has 0 saturated carbocycles. The summed E-state index contributed by atoms with van der Waals surface area (Å²) in [5, 5.41) is 0. The van der Waals surface area contributed by atoms with Gasteiger partial charge in [-0.3, -0.25) is 4.79 Å². The topological polar surface area (TPSA) is 37.6 Å². The first-order valence-corrected chi connectivity index (χ1v) is 8.14. The van der Waals surface area contributed by atoms with Gasteiger partial charge in [0.05, 0.1) is 15.6 Å². The van der Waals surface area contributed by atoms with Crippen molar-refractivity contribution in [3.63, 3.8) is 0 Å². The molecule has 4 nitrogen and oxygen atoms in total. The zero-order valence-electron chi connectivity index (χ0n) is 12.9. The zero-order chi connectivity index (χ0) is 16.0. The van der Waals surface area contributed by atoms with Gasteiger partial charge in [-0.05, 0) is 35.9 Å². The fourth-order valence-electron chi connectivity index (χ4n) is 2.63. The molecule has 0 atom stereocenters. The van der Waals surface area contributed by atoms with E-state index in [9.17, 15) is 4.79 Å². The number of hydrogen-bond acceptors (Lipinski definition) is 4. The molecule has 0 saturated heterocycles. The molecule has 0 amide bonds. The summed E-state index contributed by atoms with van der Waals surface area (Å²) in [4.78, 5) is 20.0. The van der Waals surface area contributed by atoms with Gasteiger partial charge in [-0.2, -0.15) is 0 Å². The number of rotatable bonds is 2. The molecule has 0 N–H and O–H groups in total. The van der Waals surface area contributed by atoms with Crippen LogP contribution in [-0.4, -0.2) is 23.5 Å². The van der Waals surface area contributed by atoms with Gasteiger partial charge in [0.1, 0.15) is 0 Å². The number of imidazole rings is 1. The lowest BCUT2D eigenvalue weighted by Crippen LogP contribution is -2.22. The first kappa shape index (κ1) is 14.0. The Morgan fingerprint density at radius 1 is 1.09 bits per heavy atom. The highest BCUT2D eigenvalue weighted by Crippen LogP contribution is 2.16. The third kappa shape index (κ3) is 2.29. The Bertz CT molecular complexity index is 1110. The summed E-state index contributed by atoms with van der Waals surface area (Å²) in [7, 11) is 4.02. The van der Waals surface area contributed by atoms with E-state index in [2.05, 4.69) is 4.98 Å². The van der Waals surface area contributed by atoms with E-state index >= 15 is 0 Å². The van der Waals surface area contributed by atoms with Gasteiger partial charge in [-0.15, -0.1) is 0 Å². The van der Waals surface area contributed by atoms with Crippen LogP contribution in [-0.2, 0) is 0 Å². The number of thiazole rings is 1. The van der Waals surface area contributed by atoms with E-state index in [1.165, 1.54) is 11.3 Å². The molecule has 2 aromatic heterocycles. The summed E-state index contributed by atoms with van der Waals surface area (Å²) in [5.74, 6) is 0. The van der Waals surface area contributed by atoms with E-state index in [1.54, 1.807) is 4.40 Å². The normalized spacial score (nSPS) is 12.3. The lowest BCUT2D eigenvalue weighted by Gasteiger charge is -2.11. The van der Waals surface area contributed by atoms with Crippen LogP contribution in [0.3, 0.4) is 0 Å². The van der Waals surface area contributed by atoms with Crippen LogP contribution in [0.4, 0.5) is 5.69 Å². The lowest BCUT2D eigenvalue weighted by molar-refractivity contribution is 1.13. The second-order valence-corrected chi connectivity index (χ2v) is 6.63. The van der Waals surface area contributed by atoms with E-state index in [1.807, 2.05) is 73.6 Å². The summed E-state index contributed by atoms with van der Waals surface area (Å²) in [6.45, 7) is 0. The molecule has 114 valence electrons. The summed E-state index contributed by atoms with van der Waals surface area (Å²) < 4.78 is 2.40. The smallest absolute Gasteiger partial charge is 0.274 e. The van der Waals surface area contributed by atoms with Crippen molar-refractivity contribution in [2.45, 2.75) is 0 Å². The fraction of sp³-hybridized carbons (Fsp3) is 0.111. The molecular weight excluding hydrogens is 306 g/mol. The summed E-state index contributed by atoms with van der Waals surface area (Å²) in [6, 6.07) is 15.9. The highest BCUT2D eigenvalue weighted by Gasteiger charge is 2.10. The number of anilines is 1. The maximum Gasteiger partial charge on any atom is 0.274 e. The highest BCUT2D eigenvalue weighted by molar-refractivity contribution is 7.15. The average Bonchev–Trinajstić information content (AvgIpc) is 3.05. The zero-order valence-corrected chi connectivity index (χ0v) is 13.7. The number of fused-ring (bicyclic) bond motifs is 3. The van der Waals surface area contributed by atoms with Gasteiger partial charge < -0.3 is 4.90 Å². The van der Waals surface area contributed by atoms with Gasteiger partial charge in [0.2, 0.25) is 0 Å². The van der Waals surface area contributed by atoms with Crippen molar-refractivity contribution >= 4 is 39.1 Å². The van der Waals surface area contributed by atoms with Crippen LogP contribution in [0.25, 0.3) is 22.1 Å². The van der Waals surface area contributed by atoms with Crippen molar-refractivity contribution < 1.29 is 0 Å². The molecular formula is C18H15N3OS. The largest absolute Gasteiger partial charge is 0.378 e. The Morgan fingerprint density at radius 2 is 1.83 bits per heavy atom. The second-order valence-electron chi connectivity index (χ2n) is 5.62. The predicted octanol–water partition coefficient (Wildman–Crippen LogP) is 2.52. The molecule has 5 heteroatoms. The number of benzene rings is 2. The molecule has 4 aromatic rings. The summed E-state index contributed by atoms with van der Waals surface area (Å²) in [5.41, 5.74) is 3.87. The maximum atomic E-state index is 12.7. The van der Waals surface area contributed by atoms with Crippen molar-refractivity contribution in [2.75, 3.05) is 19.0 Å². The van der Waals surface area contributed by atoms with Gasteiger partial charge in [0.15, 0.2) is 4.96 Å². The number of aromatic nitrogens is 2. The third-order valence-corrected chi connectivity index (χ3v) is 4.82. The Kier molecular flexibility index (Phi) is 3.16. The Morgan fingerprint density at radius 3 is 2.57 bits per heavy atom. The Labute approximate surface area is 136 Å². The number of para-hydroxylation sites is 2. The molecule has 2 heterocycles. The molecule has 0 radical (unpaired) electrons. The average molecular weight is 321 g/mol. The van der Waals surface area contributed by atoms with E-state index in [4.69, 9.17) is 0 Å². The minimum absolute atomic E-state index is 0.00427. The van der Waals surface area contributed by atoms with Crippen molar-refractivity contribution in [2.24, 2.45) is 0 Å². The summed E-state index contributed by atoms with van der Waals surface area (Å²) >= 11 is 1.43.